The summed E-state index contributed by atoms with van der Waals surface area (Å²) < 4.78 is 11.3. The van der Waals surface area contributed by atoms with E-state index in [0.717, 1.165) is 17.1 Å². The molecule has 1 aromatic carbocycles. The molecule has 120 valence electrons. The van der Waals surface area contributed by atoms with Crippen LogP contribution in [-0.2, 0) is 6.54 Å². The number of carbonyl (C=O) groups is 1. The van der Waals surface area contributed by atoms with Crippen LogP contribution in [0.1, 0.15) is 28.6 Å². The molecule has 4 nitrogen and oxygen atoms in total. The minimum absolute atomic E-state index is 0.0212. The van der Waals surface area contributed by atoms with E-state index < -0.39 is 0 Å². The number of thioether (sulfide) groups is 1. The summed E-state index contributed by atoms with van der Waals surface area (Å²) >= 11 is 1.61. The summed E-state index contributed by atoms with van der Waals surface area (Å²) in [7, 11) is 0. The van der Waals surface area contributed by atoms with Crippen molar-refractivity contribution in [3.63, 3.8) is 0 Å². The normalized spacial score (nSPS) is 18.6. The third-order valence-corrected chi connectivity index (χ3v) is 4.55. The number of ether oxygens (including phenoxy) is 1. The first-order chi connectivity index (χ1) is 11.2. The number of ketones is 1. The molecule has 1 aliphatic rings. The van der Waals surface area contributed by atoms with Crippen molar-refractivity contribution in [2.75, 3.05) is 5.75 Å². The first-order valence-electron chi connectivity index (χ1n) is 7.58. The highest BCUT2D eigenvalue weighted by Gasteiger charge is 2.31. The number of hydrogen-bond acceptors (Lipinski definition) is 5. The second kappa shape index (κ2) is 6.96. The van der Waals surface area contributed by atoms with Crippen LogP contribution in [-0.4, -0.2) is 17.0 Å². The van der Waals surface area contributed by atoms with Gasteiger partial charge in [0, 0.05) is 6.20 Å². The van der Waals surface area contributed by atoms with E-state index in [1.54, 1.807) is 24.2 Å². The van der Waals surface area contributed by atoms with Gasteiger partial charge in [0.15, 0.2) is 11.2 Å². The Morgan fingerprint density at radius 3 is 2.96 bits per heavy atom. The van der Waals surface area contributed by atoms with Gasteiger partial charge in [0.1, 0.15) is 11.5 Å². The fraction of sp³-hybridized carbons (Fsp3) is 0.278. The zero-order valence-electron chi connectivity index (χ0n) is 13.2. The maximum Gasteiger partial charge on any atom is 0.198 e. The smallest absolute Gasteiger partial charge is 0.198 e. The van der Waals surface area contributed by atoms with E-state index >= 15 is 0 Å². The van der Waals surface area contributed by atoms with Crippen molar-refractivity contribution < 1.29 is 13.9 Å². The Morgan fingerprint density at radius 1 is 1.35 bits per heavy atom. The molecule has 2 aromatic rings. The van der Waals surface area contributed by atoms with E-state index in [2.05, 4.69) is 12.2 Å². The Kier molecular flexibility index (Phi) is 4.76. The zero-order chi connectivity index (χ0) is 16.2. The van der Waals surface area contributed by atoms with Gasteiger partial charge in [0.25, 0.3) is 0 Å². The molecular weight excluding hydrogens is 310 g/mol. The molecule has 1 N–H and O–H groups in total. The van der Waals surface area contributed by atoms with Crippen LogP contribution < -0.4 is 10.1 Å². The molecule has 0 amide bonds. The van der Waals surface area contributed by atoms with Crippen molar-refractivity contribution in [2.24, 2.45) is 0 Å². The lowest BCUT2D eigenvalue weighted by molar-refractivity contribution is 0.0990. The molecule has 0 spiro atoms. The van der Waals surface area contributed by atoms with E-state index in [0.29, 0.717) is 23.4 Å². The van der Waals surface area contributed by atoms with Crippen molar-refractivity contribution in [1.82, 2.24) is 5.32 Å². The van der Waals surface area contributed by atoms with Gasteiger partial charge in [-0.3, -0.25) is 4.79 Å². The molecule has 0 saturated heterocycles. The van der Waals surface area contributed by atoms with Gasteiger partial charge in [0.05, 0.1) is 23.9 Å². The Balaban J connectivity index is 1.84. The standard InChI is InChI=1S/C18H19NO3S/c1-3-23-18-15(11-19-10-13-5-4-8-21-13)17(20)14-9-12(2)6-7-16(14)22-18/h4-9,11,18-19H,3,10H2,1-2H3/b15-11-. The first kappa shape index (κ1) is 15.7. The van der Waals surface area contributed by atoms with E-state index in [1.807, 2.05) is 37.3 Å². The second-order valence-electron chi connectivity index (χ2n) is 5.29. The van der Waals surface area contributed by atoms with E-state index in [-0.39, 0.29) is 11.2 Å². The van der Waals surface area contributed by atoms with Crippen LogP contribution in [0.25, 0.3) is 0 Å². The number of fused-ring (bicyclic) bond motifs is 1. The average Bonchev–Trinajstić information content (AvgIpc) is 3.05. The molecule has 3 rings (SSSR count). The average molecular weight is 329 g/mol. The molecule has 2 heterocycles. The zero-order valence-corrected chi connectivity index (χ0v) is 14.0. The third-order valence-electron chi connectivity index (χ3n) is 3.56. The third kappa shape index (κ3) is 3.45. The number of hydrogen-bond donors (Lipinski definition) is 1. The molecule has 1 unspecified atom stereocenters. The SMILES string of the molecule is CCSC1Oc2ccc(C)cc2C(=O)/C1=C/NCc1ccco1. The topological polar surface area (TPSA) is 51.5 Å². The minimum atomic E-state index is -0.285. The number of benzene rings is 1. The van der Waals surface area contributed by atoms with Gasteiger partial charge in [-0.1, -0.05) is 18.6 Å². The molecule has 0 bridgehead atoms. The van der Waals surface area contributed by atoms with Crippen LogP contribution in [0.3, 0.4) is 0 Å². The molecule has 1 atom stereocenters. The van der Waals surface area contributed by atoms with E-state index in [9.17, 15) is 4.79 Å². The summed E-state index contributed by atoms with van der Waals surface area (Å²) in [5.74, 6) is 2.37. The first-order valence-corrected chi connectivity index (χ1v) is 8.63. The van der Waals surface area contributed by atoms with Crippen molar-refractivity contribution in [1.29, 1.82) is 0 Å². The Labute approximate surface area is 139 Å². The molecule has 1 aliphatic heterocycles. The van der Waals surface area contributed by atoms with Crippen molar-refractivity contribution in [3.05, 3.63) is 65.3 Å². The number of furan rings is 1. The van der Waals surface area contributed by atoms with Crippen LogP contribution in [0, 0.1) is 6.92 Å². The van der Waals surface area contributed by atoms with Gasteiger partial charge in [-0.05, 0) is 36.9 Å². The number of carbonyl (C=O) groups excluding carboxylic acids is 1. The van der Waals surface area contributed by atoms with E-state index in [4.69, 9.17) is 9.15 Å². The molecule has 0 fully saturated rings. The fourth-order valence-corrected chi connectivity index (χ4v) is 3.28. The van der Waals surface area contributed by atoms with Crippen LogP contribution in [0.4, 0.5) is 0 Å². The van der Waals surface area contributed by atoms with Crippen molar-refractivity contribution >= 4 is 17.5 Å². The van der Waals surface area contributed by atoms with E-state index in [1.165, 1.54) is 0 Å². The Hall–Kier alpha value is -2.14. The summed E-state index contributed by atoms with van der Waals surface area (Å²) in [6.45, 7) is 4.56. The molecule has 0 aliphatic carbocycles. The summed E-state index contributed by atoms with van der Waals surface area (Å²) in [6.07, 6.45) is 3.39. The predicted octanol–water partition coefficient (Wildman–Crippen LogP) is 3.92. The molecule has 1 aromatic heterocycles. The predicted molar refractivity (Wildman–Crippen MR) is 91.7 cm³/mol. The van der Waals surface area contributed by atoms with Crippen LogP contribution in [0.2, 0.25) is 0 Å². The van der Waals surface area contributed by atoms with Gasteiger partial charge in [-0.25, -0.2) is 0 Å². The Morgan fingerprint density at radius 2 is 2.22 bits per heavy atom. The molecule has 0 saturated carbocycles. The summed E-state index contributed by atoms with van der Waals surface area (Å²) in [6, 6.07) is 9.45. The number of Topliss-reactive ketones (excluding diaryl/α,β-unsaturated/α-hetero) is 1. The van der Waals surface area contributed by atoms with Gasteiger partial charge >= 0.3 is 0 Å². The molecule has 23 heavy (non-hydrogen) atoms. The van der Waals surface area contributed by atoms with Gasteiger partial charge in [-0.2, -0.15) is 0 Å². The van der Waals surface area contributed by atoms with Crippen molar-refractivity contribution in [2.45, 2.75) is 25.8 Å². The number of aryl methyl sites for hydroxylation is 1. The maximum absolute atomic E-state index is 12.8. The summed E-state index contributed by atoms with van der Waals surface area (Å²) in [5, 5.41) is 3.15. The van der Waals surface area contributed by atoms with Crippen molar-refractivity contribution in [3.8, 4) is 5.75 Å². The Bertz CT molecular complexity index is 722. The lowest BCUT2D eigenvalue weighted by atomic mass is 9.99. The molecule has 0 radical (unpaired) electrons. The summed E-state index contributed by atoms with van der Waals surface area (Å²) in [4.78, 5) is 12.8. The van der Waals surface area contributed by atoms with Gasteiger partial charge in [-0.15, -0.1) is 11.8 Å². The number of rotatable bonds is 5. The summed E-state index contributed by atoms with van der Waals surface area (Å²) in [5.41, 5.74) is 2.03. The quantitative estimate of drug-likeness (QED) is 0.843. The molecule has 5 heteroatoms. The highest BCUT2D eigenvalue weighted by Crippen LogP contribution is 2.35. The minimum Gasteiger partial charge on any atom is -0.474 e. The maximum atomic E-state index is 12.8. The molecular formula is C18H19NO3S. The highest BCUT2D eigenvalue weighted by atomic mass is 32.2. The van der Waals surface area contributed by atoms with Gasteiger partial charge in [0.2, 0.25) is 0 Å². The van der Waals surface area contributed by atoms with Crippen LogP contribution in [0.5, 0.6) is 5.75 Å². The monoisotopic (exact) mass is 329 g/mol. The van der Waals surface area contributed by atoms with Crippen LogP contribution >= 0.6 is 11.8 Å². The second-order valence-corrected chi connectivity index (χ2v) is 6.63. The number of nitrogens with one attached hydrogen (secondary N) is 1. The lowest BCUT2D eigenvalue weighted by Gasteiger charge is -2.27. The fourth-order valence-electron chi connectivity index (χ4n) is 2.45. The lowest BCUT2D eigenvalue weighted by Crippen LogP contribution is -2.29. The van der Waals surface area contributed by atoms with Gasteiger partial charge < -0.3 is 14.5 Å². The largest absolute Gasteiger partial charge is 0.474 e. The highest BCUT2D eigenvalue weighted by molar-refractivity contribution is 7.99. The van der Waals surface area contributed by atoms with Crippen LogP contribution in [0.15, 0.2) is 52.8 Å².